The van der Waals surface area contributed by atoms with Crippen molar-refractivity contribution in [2.45, 2.75) is 45.3 Å². The Morgan fingerprint density at radius 2 is 1.87 bits per heavy atom. The van der Waals surface area contributed by atoms with Gasteiger partial charge in [-0.1, -0.05) is 6.92 Å². The van der Waals surface area contributed by atoms with Gasteiger partial charge in [0.1, 0.15) is 17.4 Å². The maximum absolute atomic E-state index is 15.1. The van der Waals surface area contributed by atoms with Gasteiger partial charge in [0, 0.05) is 74.9 Å². The van der Waals surface area contributed by atoms with Gasteiger partial charge in [-0.25, -0.2) is 14.2 Å². The lowest BCUT2D eigenvalue weighted by Gasteiger charge is -2.43. The van der Waals surface area contributed by atoms with Crippen LogP contribution < -0.4 is 24.8 Å². The Morgan fingerprint density at radius 3 is 2.57 bits per heavy atom. The molecular weight excluding hydrogens is 603 g/mol. The van der Waals surface area contributed by atoms with E-state index in [1.165, 1.54) is 35.9 Å². The number of nitrogens with zero attached hydrogens (tertiary/aromatic N) is 7. The van der Waals surface area contributed by atoms with Crippen LogP contribution in [-0.2, 0) is 16.1 Å². The Bertz CT molecular complexity index is 1660. The number of carbonyl (C=O) groups excluding carboxylic acids is 2. The van der Waals surface area contributed by atoms with E-state index in [-0.39, 0.29) is 24.2 Å². The van der Waals surface area contributed by atoms with E-state index in [2.05, 4.69) is 39.2 Å². The molecule has 3 amide bonds. The molecule has 1 N–H and O–H groups in total. The predicted molar refractivity (Wildman–Crippen MR) is 177 cm³/mol. The number of anilines is 5. The maximum atomic E-state index is 15.1. The van der Waals surface area contributed by atoms with E-state index in [9.17, 15) is 9.59 Å². The summed E-state index contributed by atoms with van der Waals surface area (Å²) in [7, 11) is 1.50. The molecule has 2 aromatic carbocycles. The minimum atomic E-state index is -0.537. The lowest BCUT2D eigenvalue weighted by atomic mass is 10.1. The van der Waals surface area contributed by atoms with E-state index < -0.39 is 11.8 Å². The number of hydrogen-bond donors (Lipinski definition) is 1. The van der Waals surface area contributed by atoms with Gasteiger partial charge in [0.15, 0.2) is 0 Å². The number of carbonyl (C=O) groups is 2. The molecule has 0 unspecified atom stereocenters. The number of nitrogens with one attached hydrogen (secondary N) is 1. The molecule has 4 aliphatic rings. The van der Waals surface area contributed by atoms with Crippen LogP contribution in [0.3, 0.4) is 0 Å². The Kier molecular flexibility index (Phi) is 8.58. The first kappa shape index (κ1) is 31.1. The van der Waals surface area contributed by atoms with Crippen molar-refractivity contribution in [1.82, 2.24) is 19.8 Å². The van der Waals surface area contributed by atoms with E-state index in [0.717, 1.165) is 50.6 Å². The Balaban J connectivity index is 1.14. The van der Waals surface area contributed by atoms with Crippen LogP contribution in [0, 0.1) is 12.7 Å². The number of fused-ring (bicyclic) bond motifs is 1. The number of aryl methyl sites for hydroxylation is 1. The van der Waals surface area contributed by atoms with Gasteiger partial charge in [0.05, 0.1) is 44.6 Å². The minimum Gasteiger partial charge on any atom is -0.497 e. The molecule has 0 bridgehead atoms. The lowest BCUT2D eigenvalue weighted by molar-refractivity contribution is -0.129. The second-order valence-electron chi connectivity index (χ2n) is 12.6. The largest absolute Gasteiger partial charge is 0.497 e. The fourth-order valence-electron chi connectivity index (χ4n) is 6.96. The molecule has 4 aliphatic heterocycles. The van der Waals surface area contributed by atoms with Crippen LogP contribution >= 0.6 is 0 Å². The van der Waals surface area contributed by atoms with Crippen molar-refractivity contribution < 1.29 is 23.5 Å². The van der Waals surface area contributed by atoms with Gasteiger partial charge in [-0.3, -0.25) is 19.5 Å². The molecule has 0 radical (unpaired) electrons. The molecule has 7 rings (SSSR count). The van der Waals surface area contributed by atoms with Crippen molar-refractivity contribution in [3.63, 3.8) is 0 Å². The molecule has 1 atom stereocenters. The Labute approximate surface area is 274 Å². The Morgan fingerprint density at radius 1 is 1.06 bits per heavy atom. The number of urea groups is 1. The summed E-state index contributed by atoms with van der Waals surface area (Å²) in [4.78, 5) is 45.9. The van der Waals surface area contributed by atoms with E-state index >= 15 is 4.39 Å². The molecule has 1 aromatic heterocycles. The van der Waals surface area contributed by atoms with Crippen LogP contribution in [0.15, 0.2) is 42.6 Å². The number of benzene rings is 2. The first-order valence-corrected chi connectivity index (χ1v) is 16.3. The van der Waals surface area contributed by atoms with Crippen LogP contribution in [0.1, 0.15) is 30.9 Å². The lowest BCUT2D eigenvalue weighted by Crippen LogP contribution is -2.56. The number of rotatable bonds is 8. The minimum absolute atomic E-state index is 0.0339. The molecule has 248 valence electrons. The standard InChI is InChI=1S/C34H41FN8O4/c1-4-31(44)41-10-9-25(19-41)43-32-23(18-42(34(43)45)30-16-27(46-3)6-7-28(30)35)17-36-33(38-32)37-24-5-8-29(22(2)15-24)40-13-11-39(12-14-40)26-20-47-21-26/h5-8,15-17,25-26H,4,9-14,18-21H2,1-3H3,(H,36,37,38)/t25-/m0/s1. The quantitative estimate of drug-likeness (QED) is 0.387. The second kappa shape index (κ2) is 13.0. The molecule has 5 heterocycles. The van der Waals surface area contributed by atoms with Crippen molar-refractivity contribution >= 4 is 40.8 Å². The van der Waals surface area contributed by atoms with E-state index in [1.807, 2.05) is 13.0 Å². The summed E-state index contributed by atoms with van der Waals surface area (Å²) in [6.07, 6.45) is 2.66. The number of hydrogen-bond acceptors (Lipinski definition) is 9. The van der Waals surface area contributed by atoms with Crippen LogP contribution in [0.25, 0.3) is 0 Å². The monoisotopic (exact) mass is 644 g/mol. The number of amides is 3. The highest BCUT2D eigenvalue weighted by Gasteiger charge is 2.41. The molecule has 3 saturated heterocycles. The number of halogens is 1. The second-order valence-corrected chi connectivity index (χ2v) is 12.6. The summed E-state index contributed by atoms with van der Waals surface area (Å²) >= 11 is 0. The number of methoxy groups -OCH3 is 1. The summed E-state index contributed by atoms with van der Waals surface area (Å²) in [5.41, 5.74) is 3.98. The third-order valence-electron chi connectivity index (χ3n) is 9.71. The SMILES string of the molecule is CCC(=O)N1CC[C@H](N2C(=O)N(c3cc(OC)ccc3F)Cc3cnc(Nc4ccc(N5CCN(C6COC6)CC5)c(C)c4)nc32)C1. The molecule has 0 spiro atoms. The van der Waals surface area contributed by atoms with Gasteiger partial charge >= 0.3 is 6.03 Å². The zero-order valence-corrected chi connectivity index (χ0v) is 27.1. The third-order valence-corrected chi connectivity index (χ3v) is 9.71. The van der Waals surface area contributed by atoms with Crippen molar-refractivity contribution in [3.05, 3.63) is 59.5 Å². The fraction of sp³-hybridized carbons (Fsp3) is 0.471. The molecule has 13 heteroatoms. The maximum Gasteiger partial charge on any atom is 0.330 e. The zero-order valence-electron chi connectivity index (χ0n) is 27.1. The third kappa shape index (κ3) is 6.05. The molecule has 3 aromatic rings. The Hall–Kier alpha value is -4.49. The van der Waals surface area contributed by atoms with E-state index in [0.29, 0.717) is 55.1 Å². The summed E-state index contributed by atoms with van der Waals surface area (Å²) in [5, 5.41) is 3.34. The van der Waals surface area contributed by atoms with Crippen molar-refractivity contribution in [1.29, 1.82) is 0 Å². The molecular formula is C34H41FN8O4. The van der Waals surface area contributed by atoms with Crippen LogP contribution in [-0.4, -0.2) is 103 Å². The number of aromatic nitrogens is 2. The summed E-state index contributed by atoms with van der Waals surface area (Å²) < 4.78 is 25.8. The van der Waals surface area contributed by atoms with Crippen LogP contribution in [0.4, 0.5) is 38.0 Å². The smallest absolute Gasteiger partial charge is 0.330 e. The van der Waals surface area contributed by atoms with Crippen LogP contribution in [0.5, 0.6) is 5.75 Å². The summed E-state index contributed by atoms with van der Waals surface area (Å²) in [6.45, 7) is 10.6. The van der Waals surface area contributed by atoms with Gasteiger partial charge in [-0.15, -0.1) is 0 Å². The van der Waals surface area contributed by atoms with Gasteiger partial charge in [0.25, 0.3) is 0 Å². The fourth-order valence-corrected chi connectivity index (χ4v) is 6.96. The highest BCUT2D eigenvalue weighted by Crippen LogP contribution is 2.37. The molecule has 0 aliphatic carbocycles. The normalized spacial score (nSPS) is 20.3. The van der Waals surface area contributed by atoms with Crippen molar-refractivity contribution in [3.8, 4) is 5.75 Å². The average molecular weight is 645 g/mol. The average Bonchev–Trinajstić information content (AvgIpc) is 3.54. The van der Waals surface area contributed by atoms with Gasteiger partial charge in [-0.05, 0) is 49.2 Å². The zero-order chi connectivity index (χ0) is 32.7. The molecule has 47 heavy (non-hydrogen) atoms. The van der Waals surface area contributed by atoms with Gasteiger partial charge < -0.3 is 24.6 Å². The van der Waals surface area contributed by atoms with Crippen LogP contribution in [0.2, 0.25) is 0 Å². The first-order chi connectivity index (χ1) is 22.8. The van der Waals surface area contributed by atoms with Gasteiger partial charge in [-0.2, -0.15) is 4.98 Å². The highest BCUT2D eigenvalue weighted by atomic mass is 19.1. The van der Waals surface area contributed by atoms with Crippen molar-refractivity contribution in [2.75, 3.05) is 79.6 Å². The molecule has 12 nitrogen and oxygen atoms in total. The number of piperazine rings is 1. The molecule has 3 fully saturated rings. The number of likely N-dealkylation sites (tertiary alicyclic amines) is 1. The summed E-state index contributed by atoms with van der Waals surface area (Å²) in [6, 6.07) is 10.4. The van der Waals surface area contributed by atoms with Gasteiger partial charge in [0.2, 0.25) is 11.9 Å². The van der Waals surface area contributed by atoms with Crippen molar-refractivity contribution in [2.24, 2.45) is 0 Å². The topological polar surface area (TPSA) is 107 Å². The highest BCUT2D eigenvalue weighted by molar-refractivity contribution is 6.06. The summed E-state index contributed by atoms with van der Waals surface area (Å²) in [5.74, 6) is 0.753. The van der Waals surface area contributed by atoms with E-state index in [1.54, 1.807) is 16.0 Å². The number of ether oxygens (including phenoxy) is 2. The molecule has 0 saturated carbocycles. The van der Waals surface area contributed by atoms with E-state index in [4.69, 9.17) is 14.5 Å². The first-order valence-electron chi connectivity index (χ1n) is 16.3. The predicted octanol–water partition coefficient (Wildman–Crippen LogP) is 4.15.